The molecule has 0 unspecified atom stereocenters. The predicted octanol–water partition coefficient (Wildman–Crippen LogP) is 4.15. The fraction of sp³-hybridized carbons (Fsp3) is 0.179. The summed E-state index contributed by atoms with van der Waals surface area (Å²) in [7, 11) is 9.21. The van der Waals surface area contributed by atoms with Crippen LogP contribution in [0.1, 0.15) is 0 Å². The third-order valence-corrected chi connectivity index (χ3v) is 6.91. The third-order valence-electron chi connectivity index (χ3n) is 6.91. The largest absolute Gasteiger partial charge is 0.370 e. The number of H-pyrrole nitrogens is 1. The summed E-state index contributed by atoms with van der Waals surface area (Å²) >= 11 is 0. The molecule has 0 bridgehead atoms. The Bertz CT molecular complexity index is 1650. The third kappa shape index (κ3) is 4.14. The van der Waals surface area contributed by atoms with E-state index in [9.17, 15) is 0 Å². The van der Waals surface area contributed by atoms with E-state index in [0.29, 0.717) is 11.9 Å². The van der Waals surface area contributed by atoms with Crippen LogP contribution in [0.3, 0.4) is 0 Å². The summed E-state index contributed by atoms with van der Waals surface area (Å²) in [5.74, 6) is 1.81. The Morgan fingerprint density at radius 3 is 2.14 bits per heavy atom. The van der Waals surface area contributed by atoms with E-state index in [2.05, 4.69) is 55.9 Å². The molecule has 0 amide bonds. The number of fused-ring (bicyclic) bond motifs is 2. The minimum absolute atomic E-state index is 0.451. The molecule has 0 aliphatic heterocycles. The summed E-state index contributed by atoms with van der Waals surface area (Å²) < 4.78 is 2.12. The number of nitrogens with two attached hydrogens (primary N) is 2. The molecular weight excluding hydrogens is 462 g/mol. The average molecular weight is 494 g/mol. The monoisotopic (exact) mass is 493 g/mol. The second kappa shape index (κ2) is 9.34. The van der Waals surface area contributed by atoms with Crippen LogP contribution in [0.25, 0.3) is 44.5 Å². The normalized spacial score (nSPS) is 12.5. The molecule has 5 rings (SSSR count). The minimum atomic E-state index is 0.451. The summed E-state index contributed by atoms with van der Waals surface area (Å²) in [4.78, 5) is 20.2. The van der Waals surface area contributed by atoms with Gasteiger partial charge in [-0.05, 0) is 53.6 Å². The average Bonchev–Trinajstić information content (AvgIpc) is 3.51. The lowest BCUT2D eigenvalue weighted by molar-refractivity contribution is 0.960. The Hall–Kier alpha value is -4.79. The summed E-state index contributed by atoms with van der Waals surface area (Å²) in [5, 5.41) is 1.11. The highest BCUT2D eigenvalue weighted by molar-refractivity contribution is 6.00. The first-order valence-electron chi connectivity index (χ1n) is 11.9. The van der Waals surface area contributed by atoms with Gasteiger partial charge < -0.3 is 30.8 Å². The maximum atomic E-state index is 6.02. The lowest BCUT2D eigenvalue weighted by Gasteiger charge is -2.18. The van der Waals surface area contributed by atoms with Crippen LogP contribution in [0.5, 0.6) is 0 Å². The van der Waals surface area contributed by atoms with Crippen molar-refractivity contribution in [3.8, 4) is 22.5 Å². The van der Waals surface area contributed by atoms with Crippen molar-refractivity contribution in [1.29, 1.82) is 0 Å². The number of guanidine groups is 2. The van der Waals surface area contributed by atoms with Crippen LogP contribution in [-0.4, -0.2) is 54.6 Å². The summed E-state index contributed by atoms with van der Waals surface area (Å²) in [5.41, 5.74) is 20.2. The number of nitrogens with zero attached hydrogens (tertiary/aromatic N) is 6. The van der Waals surface area contributed by atoms with Gasteiger partial charge in [0.15, 0.2) is 11.9 Å². The summed E-state index contributed by atoms with van der Waals surface area (Å²) in [6, 6.07) is 20.8. The fourth-order valence-corrected chi connectivity index (χ4v) is 4.55. The highest BCUT2D eigenvalue weighted by Crippen LogP contribution is 2.34. The molecule has 0 aliphatic rings. The standard InChI is InChI=1S/C28H31N9/c1-31-27(29)35(3)19-9-6-17(7-10-19)18-8-12-23-21(14-18)22(16-33-23)26-34-24-13-11-20(15-25(24)37(26)5)36(4)28(30)32-2/h6-16,33H,1-5H3,(H2,29,31)(H2,30,32). The van der Waals surface area contributed by atoms with Crippen LogP contribution in [0.4, 0.5) is 11.4 Å². The van der Waals surface area contributed by atoms with Gasteiger partial charge in [0.05, 0.1) is 11.0 Å². The van der Waals surface area contributed by atoms with Crippen molar-refractivity contribution in [3.63, 3.8) is 0 Å². The van der Waals surface area contributed by atoms with E-state index in [1.54, 1.807) is 14.1 Å². The molecule has 3 aromatic carbocycles. The van der Waals surface area contributed by atoms with Crippen molar-refractivity contribution < 1.29 is 0 Å². The first-order valence-corrected chi connectivity index (χ1v) is 11.9. The number of aryl methyl sites for hydroxylation is 1. The summed E-state index contributed by atoms with van der Waals surface area (Å²) in [6.07, 6.45) is 2.02. The molecule has 5 aromatic rings. The molecule has 0 atom stereocenters. The van der Waals surface area contributed by atoms with Gasteiger partial charge in [0, 0.05) is 69.3 Å². The Morgan fingerprint density at radius 2 is 1.46 bits per heavy atom. The minimum Gasteiger partial charge on any atom is -0.370 e. The number of hydrogen-bond acceptors (Lipinski definition) is 3. The van der Waals surface area contributed by atoms with Gasteiger partial charge in [-0.3, -0.25) is 9.98 Å². The maximum absolute atomic E-state index is 6.02. The number of aliphatic imine (C=N–C) groups is 2. The van der Waals surface area contributed by atoms with Crippen LogP contribution < -0.4 is 21.3 Å². The number of aromatic nitrogens is 3. The van der Waals surface area contributed by atoms with E-state index in [1.807, 2.05) is 61.4 Å². The number of aromatic amines is 1. The Morgan fingerprint density at radius 1 is 0.838 bits per heavy atom. The molecule has 2 heterocycles. The zero-order chi connectivity index (χ0) is 26.3. The SMILES string of the molecule is CN=C(N)N(C)c1ccc(-c2ccc3[nH]cc(-c4nc5ccc(N(C)C(N)=NC)cc5n4C)c3c2)cc1. The summed E-state index contributed by atoms with van der Waals surface area (Å²) in [6.45, 7) is 0. The fourth-order valence-electron chi connectivity index (χ4n) is 4.55. The molecule has 9 nitrogen and oxygen atoms in total. The van der Waals surface area contributed by atoms with E-state index in [1.165, 1.54) is 0 Å². The molecule has 0 spiro atoms. The van der Waals surface area contributed by atoms with Gasteiger partial charge in [-0.25, -0.2) is 4.98 Å². The van der Waals surface area contributed by atoms with Crippen LogP contribution in [0, 0.1) is 0 Å². The van der Waals surface area contributed by atoms with Crippen molar-refractivity contribution in [2.45, 2.75) is 0 Å². The van der Waals surface area contributed by atoms with E-state index in [0.717, 1.165) is 55.8 Å². The molecule has 0 aliphatic carbocycles. The molecule has 0 saturated carbocycles. The van der Waals surface area contributed by atoms with Gasteiger partial charge >= 0.3 is 0 Å². The molecule has 0 fully saturated rings. The molecule has 37 heavy (non-hydrogen) atoms. The number of imidazole rings is 1. The Balaban J connectivity index is 1.54. The first kappa shape index (κ1) is 23.9. The smallest absolute Gasteiger partial charge is 0.195 e. The van der Waals surface area contributed by atoms with Crippen LogP contribution in [-0.2, 0) is 7.05 Å². The van der Waals surface area contributed by atoms with Crippen LogP contribution in [0.15, 0.2) is 76.8 Å². The molecule has 5 N–H and O–H groups in total. The zero-order valence-electron chi connectivity index (χ0n) is 21.7. The molecule has 0 saturated heterocycles. The second-order valence-corrected chi connectivity index (χ2v) is 8.96. The zero-order valence-corrected chi connectivity index (χ0v) is 21.7. The number of rotatable bonds is 4. The van der Waals surface area contributed by atoms with Crippen LogP contribution >= 0.6 is 0 Å². The van der Waals surface area contributed by atoms with Gasteiger partial charge in [-0.15, -0.1) is 0 Å². The van der Waals surface area contributed by atoms with E-state index >= 15 is 0 Å². The number of hydrogen-bond donors (Lipinski definition) is 3. The van der Waals surface area contributed by atoms with E-state index in [4.69, 9.17) is 16.5 Å². The van der Waals surface area contributed by atoms with Crippen molar-refractivity contribution in [1.82, 2.24) is 14.5 Å². The lowest BCUT2D eigenvalue weighted by Crippen LogP contribution is -2.33. The molecule has 9 heteroatoms. The van der Waals surface area contributed by atoms with Gasteiger partial charge in [0.2, 0.25) is 0 Å². The second-order valence-electron chi connectivity index (χ2n) is 8.96. The lowest BCUT2D eigenvalue weighted by atomic mass is 10.0. The highest BCUT2D eigenvalue weighted by atomic mass is 15.2. The van der Waals surface area contributed by atoms with Crippen molar-refractivity contribution >= 4 is 45.2 Å². The van der Waals surface area contributed by atoms with Gasteiger partial charge in [0.25, 0.3) is 0 Å². The van der Waals surface area contributed by atoms with Crippen LogP contribution in [0.2, 0.25) is 0 Å². The topological polar surface area (TPSA) is 117 Å². The van der Waals surface area contributed by atoms with E-state index < -0.39 is 0 Å². The van der Waals surface area contributed by atoms with Crippen molar-refractivity contribution in [2.24, 2.45) is 28.5 Å². The van der Waals surface area contributed by atoms with Gasteiger partial charge in [0.1, 0.15) is 5.82 Å². The predicted molar refractivity (Wildman–Crippen MR) is 155 cm³/mol. The molecule has 2 aromatic heterocycles. The number of anilines is 2. The Kier molecular flexibility index (Phi) is 6.04. The van der Waals surface area contributed by atoms with Gasteiger partial charge in [-0.1, -0.05) is 18.2 Å². The number of benzene rings is 3. The van der Waals surface area contributed by atoms with Crippen molar-refractivity contribution in [3.05, 3.63) is 66.9 Å². The molecule has 0 radical (unpaired) electrons. The highest BCUT2D eigenvalue weighted by Gasteiger charge is 2.16. The molecule has 188 valence electrons. The quantitative estimate of drug-likeness (QED) is 0.257. The Labute approximate surface area is 215 Å². The maximum Gasteiger partial charge on any atom is 0.195 e. The molecular formula is C28H31N9. The van der Waals surface area contributed by atoms with Gasteiger partial charge in [-0.2, -0.15) is 0 Å². The number of nitrogens with one attached hydrogen (secondary N) is 1. The first-order chi connectivity index (χ1) is 17.8. The van der Waals surface area contributed by atoms with Crippen molar-refractivity contribution in [2.75, 3.05) is 38.0 Å². The van der Waals surface area contributed by atoms with E-state index in [-0.39, 0.29) is 0 Å².